The van der Waals surface area contributed by atoms with Crippen molar-refractivity contribution >= 4 is 40.3 Å². The number of benzene rings is 2. The molecule has 3 aromatic rings. The number of nitrogens with one attached hydrogen (secondary N) is 1. The summed E-state index contributed by atoms with van der Waals surface area (Å²) in [4.78, 5) is 56.0. The maximum absolute atomic E-state index is 13.3. The van der Waals surface area contributed by atoms with E-state index in [4.69, 9.17) is 4.74 Å². The Hall–Kier alpha value is -4.07. The molecule has 3 amide bonds. The first kappa shape index (κ1) is 20.2. The largest absolute Gasteiger partial charge is 0.460 e. The molecule has 0 bridgehead atoms. The topological polar surface area (TPSA) is 106 Å². The van der Waals surface area contributed by atoms with Gasteiger partial charge < -0.3 is 10.1 Å². The molecular formula is C23H19N3O5. The van der Waals surface area contributed by atoms with Crippen molar-refractivity contribution in [1.82, 2.24) is 9.88 Å². The van der Waals surface area contributed by atoms with Crippen LogP contribution in [0.5, 0.6) is 0 Å². The van der Waals surface area contributed by atoms with Crippen LogP contribution in [0.15, 0.2) is 60.8 Å². The van der Waals surface area contributed by atoms with Crippen LogP contribution < -0.4 is 5.32 Å². The third kappa shape index (κ3) is 3.63. The number of hydrogen-bond acceptors (Lipinski definition) is 6. The van der Waals surface area contributed by atoms with E-state index in [1.54, 1.807) is 36.5 Å². The zero-order chi connectivity index (χ0) is 22.1. The number of nitrogens with zero attached hydrogens (tertiary/aromatic N) is 2. The molecule has 156 valence electrons. The van der Waals surface area contributed by atoms with E-state index in [0.717, 1.165) is 10.3 Å². The zero-order valence-electron chi connectivity index (χ0n) is 16.9. The Morgan fingerprint density at radius 3 is 2.26 bits per heavy atom. The summed E-state index contributed by atoms with van der Waals surface area (Å²) in [5.74, 6) is -2.53. The lowest BCUT2D eigenvalue weighted by molar-refractivity contribution is -0.149. The lowest BCUT2D eigenvalue weighted by Gasteiger charge is -2.29. The van der Waals surface area contributed by atoms with Gasteiger partial charge in [0.25, 0.3) is 17.7 Å². The van der Waals surface area contributed by atoms with Gasteiger partial charge in [-0.15, -0.1) is 0 Å². The van der Waals surface area contributed by atoms with Crippen molar-refractivity contribution in [3.8, 4) is 0 Å². The van der Waals surface area contributed by atoms with Crippen molar-refractivity contribution in [2.45, 2.75) is 26.0 Å². The lowest BCUT2D eigenvalue weighted by atomic mass is 10.1. The minimum Gasteiger partial charge on any atom is -0.460 e. The highest BCUT2D eigenvalue weighted by molar-refractivity contribution is 6.23. The van der Waals surface area contributed by atoms with Crippen molar-refractivity contribution in [1.29, 1.82) is 0 Å². The molecule has 8 nitrogen and oxygen atoms in total. The van der Waals surface area contributed by atoms with Crippen LogP contribution in [0.3, 0.4) is 0 Å². The number of imide groups is 1. The number of pyridine rings is 1. The number of aromatic nitrogens is 1. The predicted molar refractivity (Wildman–Crippen MR) is 112 cm³/mol. The SMILES string of the molecule is CC(=O)O[C@H](C)[C@@H](C(=O)Nc1cccc2cccnc12)N1C(=O)c2ccccc2C1=O. The van der Waals surface area contributed by atoms with E-state index in [1.807, 2.05) is 12.1 Å². The second kappa shape index (κ2) is 7.98. The summed E-state index contributed by atoms with van der Waals surface area (Å²) in [6.07, 6.45) is 0.531. The molecule has 0 aliphatic carbocycles. The molecule has 1 aliphatic heterocycles. The Balaban J connectivity index is 1.72. The number of ether oxygens (including phenoxy) is 1. The van der Waals surface area contributed by atoms with Gasteiger partial charge in [-0.05, 0) is 31.2 Å². The van der Waals surface area contributed by atoms with Crippen LogP contribution in [-0.2, 0) is 14.3 Å². The Labute approximate surface area is 177 Å². The first-order valence-corrected chi connectivity index (χ1v) is 9.67. The second-order valence-corrected chi connectivity index (χ2v) is 7.16. The van der Waals surface area contributed by atoms with E-state index in [9.17, 15) is 19.2 Å². The second-order valence-electron chi connectivity index (χ2n) is 7.16. The van der Waals surface area contributed by atoms with Gasteiger partial charge in [-0.2, -0.15) is 0 Å². The number of fused-ring (bicyclic) bond motifs is 2. The number of anilines is 1. The lowest BCUT2D eigenvalue weighted by Crippen LogP contribution is -2.53. The Bertz CT molecular complexity index is 1180. The molecule has 0 fully saturated rings. The summed E-state index contributed by atoms with van der Waals surface area (Å²) in [5.41, 5.74) is 1.37. The van der Waals surface area contributed by atoms with Gasteiger partial charge in [-0.3, -0.25) is 29.1 Å². The Morgan fingerprint density at radius 2 is 1.61 bits per heavy atom. The standard InChI is InChI=1S/C23H19N3O5/c1-13(31-14(2)27)20(26-22(29)16-9-3-4-10-17(16)23(26)30)21(28)25-18-11-5-7-15-8-6-12-24-19(15)18/h3-13,20H,1-2H3,(H,25,28)/t13-,20+/m1/s1. The first-order valence-electron chi connectivity index (χ1n) is 9.67. The fourth-order valence-corrected chi connectivity index (χ4v) is 3.74. The highest BCUT2D eigenvalue weighted by Crippen LogP contribution is 2.28. The molecule has 1 aliphatic rings. The normalized spacial score (nSPS) is 14.8. The molecule has 8 heteroatoms. The molecule has 1 N–H and O–H groups in total. The van der Waals surface area contributed by atoms with Gasteiger partial charge in [0.2, 0.25) is 0 Å². The number of para-hydroxylation sites is 1. The van der Waals surface area contributed by atoms with Crippen LogP contribution in [0.25, 0.3) is 10.9 Å². The number of hydrogen-bond donors (Lipinski definition) is 1. The summed E-state index contributed by atoms with van der Waals surface area (Å²) < 4.78 is 5.21. The first-order chi connectivity index (χ1) is 14.9. The number of amides is 3. The van der Waals surface area contributed by atoms with Crippen molar-refractivity contribution in [2.75, 3.05) is 5.32 Å². The summed E-state index contributed by atoms with van der Waals surface area (Å²) in [6, 6.07) is 13.9. The zero-order valence-corrected chi connectivity index (χ0v) is 16.9. The fourth-order valence-electron chi connectivity index (χ4n) is 3.74. The van der Waals surface area contributed by atoms with E-state index < -0.39 is 35.8 Å². The van der Waals surface area contributed by atoms with Crippen LogP contribution in [0.1, 0.15) is 34.6 Å². The molecule has 0 unspecified atom stereocenters. The molecule has 0 spiro atoms. The van der Waals surface area contributed by atoms with Crippen molar-refractivity contribution in [2.24, 2.45) is 0 Å². The van der Waals surface area contributed by atoms with Crippen LogP contribution in [0, 0.1) is 0 Å². The third-order valence-electron chi connectivity index (χ3n) is 5.06. The molecule has 31 heavy (non-hydrogen) atoms. The molecule has 2 atom stereocenters. The minimum absolute atomic E-state index is 0.201. The Morgan fingerprint density at radius 1 is 0.968 bits per heavy atom. The molecule has 2 aromatic carbocycles. The van der Waals surface area contributed by atoms with Gasteiger partial charge in [0, 0.05) is 18.5 Å². The van der Waals surface area contributed by atoms with E-state index in [1.165, 1.54) is 26.0 Å². The molecule has 0 radical (unpaired) electrons. The smallest absolute Gasteiger partial charge is 0.302 e. The summed E-state index contributed by atoms with van der Waals surface area (Å²) in [7, 11) is 0. The van der Waals surface area contributed by atoms with Crippen LogP contribution >= 0.6 is 0 Å². The molecule has 0 saturated heterocycles. The van der Waals surface area contributed by atoms with Gasteiger partial charge >= 0.3 is 5.97 Å². The number of carbonyl (C=O) groups is 4. The van der Waals surface area contributed by atoms with Crippen LogP contribution in [-0.4, -0.2) is 45.7 Å². The minimum atomic E-state index is -1.37. The summed E-state index contributed by atoms with van der Waals surface area (Å²) >= 11 is 0. The maximum Gasteiger partial charge on any atom is 0.302 e. The van der Waals surface area contributed by atoms with E-state index in [-0.39, 0.29) is 11.1 Å². The molecular weight excluding hydrogens is 398 g/mol. The summed E-state index contributed by atoms with van der Waals surface area (Å²) in [5, 5.41) is 3.56. The summed E-state index contributed by atoms with van der Waals surface area (Å²) in [6.45, 7) is 2.67. The van der Waals surface area contributed by atoms with Gasteiger partial charge in [0.15, 0.2) is 6.04 Å². The van der Waals surface area contributed by atoms with Crippen molar-refractivity contribution in [3.05, 3.63) is 71.9 Å². The van der Waals surface area contributed by atoms with Gasteiger partial charge in [0.05, 0.1) is 22.3 Å². The van der Waals surface area contributed by atoms with E-state index in [2.05, 4.69) is 10.3 Å². The van der Waals surface area contributed by atoms with Crippen molar-refractivity contribution in [3.63, 3.8) is 0 Å². The van der Waals surface area contributed by atoms with Gasteiger partial charge in [-0.1, -0.05) is 30.3 Å². The van der Waals surface area contributed by atoms with Crippen molar-refractivity contribution < 1.29 is 23.9 Å². The fraction of sp³-hybridized carbons (Fsp3) is 0.174. The molecule has 0 saturated carbocycles. The third-order valence-corrected chi connectivity index (χ3v) is 5.06. The number of carbonyl (C=O) groups excluding carboxylic acids is 4. The monoisotopic (exact) mass is 417 g/mol. The average molecular weight is 417 g/mol. The van der Waals surface area contributed by atoms with Gasteiger partial charge in [0.1, 0.15) is 6.10 Å². The quantitative estimate of drug-likeness (QED) is 0.506. The maximum atomic E-state index is 13.3. The average Bonchev–Trinajstić information content (AvgIpc) is 2.99. The van der Waals surface area contributed by atoms with E-state index in [0.29, 0.717) is 11.2 Å². The highest BCUT2D eigenvalue weighted by Gasteiger charge is 2.46. The molecule has 2 heterocycles. The van der Waals surface area contributed by atoms with Crippen LogP contribution in [0.2, 0.25) is 0 Å². The Kier molecular flexibility index (Phi) is 5.21. The van der Waals surface area contributed by atoms with Crippen LogP contribution in [0.4, 0.5) is 5.69 Å². The number of esters is 1. The highest BCUT2D eigenvalue weighted by atomic mass is 16.5. The predicted octanol–water partition coefficient (Wildman–Crippen LogP) is 2.79. The molecule has 4 rings (SSSR count). The van der Waals surface area contributed by atoms with E-state index >= 15 is 0 Å². The molecule has 1 aromatic heterocycles. The van der Waals surface area contributed by atoms with Gasteiger partial charge in [-0.25, -0.2) is 0 Å². The number of rotatable bonds is 5.